The van der Waals surface area contributed by atoms with Crippen LogP contribution in [0.15, 0.2) is 52.9 Å². The van der Waals surface area contributed by atoms with Crippen molar-refractivity contribution in [3.8, 4) is 0 Å². The number of hydrogen-bond donors (Lipinski definition) is 3. The van der Waals surface area contributed by atoms with E-state index in [9.17, 15) is 18.8 Å². The summed E-state index contributed by atoms with van der Waals surface area (Å²) in [5.41, 5.74) is 6.27. The van der Waals surface area contributed by atoms with Crippen LogP contribution in [-0.2, 0) is 16.1 Å². The number of furan rings is 1. The number of carbonyl (C=O) groups excluding carboxylic acids is 3. The molecule has 132 valence electrons. The van der Waals surface area contributed by atoms with E-state index in [1.807, 2.05) is 0 Å². The Balaban J connectivity index is 1.74. The molecule has 1 heterocycles. The molecule has 0 saturated heterocycles. The third-order valence-electron chi connectivity index (χ3n) is 3.63. The Morgan fingerprint density at radius 1 is 1.00 bits per heavy atom. The van der Waals surface area contributed by atoms with E-state index in [0.29, 0.717) is 16.5 Å². The molecule has 0 radical (unpaired) electrons. The SMILES string of the molecule is NC(=O)c1oc2ccccc2c1NC(=O)C(=O)NCc1ccc(F)cc1. The Morgan fingerprint density at radius 3 is 2.38 bits per heavy atom. The first-order valence-electron chi connectivity index (χ1n) is 7.60. The molecule has 0 atom stereocenters. The van der Waals surface area contributed by atoms with E-state index >= 15 is 0 Å². The van der Waals surface area contributed by atoms with Crippen LogP contribution in [0.1, 0.15) is 16.1 Å². The molecule has 4 N–H and O–H groups in total. The fourth-order valence-electron chi connectivity index (χ4n) is 2.38. The van der Waals surface area contributed by atoms with Gasteiger partial charge in [-0.15, -0.1) is 0 Å². The van der Waals surface area contributed by atoms with Gasteiger partial charge in [-0.25, -0.2) is 4.39 Å². The first-order valence-corrected chi connectivity index (χ1v) is 7.60. The molecule has 0 unspecified atom stereocenters. The fourth-order valence-corrected chi connectivity index (χ4v) is 2.38. The third kappa shape index (κ3) is 3.54. The maximum absolute atomic E-state index is 12.9. The zero-order valence-electron chi connectivity index (χ0n) is 13.4. The maximum atomic E-state index is 12.9. The summed E-state index contributed by atoms with van der Waals surface area (Å²) in [4.78, 5) is 35.6. The smallest absolute Gasteiger partial charge is 0.313 e. The van der Waals surface area contributed by atoms with Gasteiger partial charge < -0.3 is 20.8 Å². The lowest BCUT2D eigenvalue weighted by Crippen LogP contribution is -2.35. The lowest BCUT2D eigenvalue weighted by Gasteiger charge is -2.06. The molecule has 2 aromatic carbocycles. The van der Waals surface area contributed by atoms with Gasteiger partial charge in [0.1, 0.15) is 17.1 Å². The summed E-state index contributed by atoms with van der Waals surface area (Å²) in [7, 11) is 0. The molecule has 0 aliphatic heterocycles. The third-order valence-corrected chi connectivity index (χ3v) is 3.63. The molecule has 0 spiro atoms. The summed E-state index contributed by atoms with van der Waals surface area (Å²) in [5, 5.41) is 5.21. The van der Waals surface area contributed by atoms with Crippen LogP contribution < -0.4 is 16.4 Å². The molecule has 0 fully saturated rings. The Labute approximate surface area is 147 Å². The van der Waals surface area contributed by atoms with Crippen LogP contribution in [-0.4, -0.2) is 17.7 Å². The number of carbonyl (C=O) groups is 3. The molecule has 0 aliphatic carbocycles. The average Bonchev–Trinajstić information content (AvgIpc) is 3.00. The van der Waals surface area contributed by atoms with Crippen molar-refractivity contribution in [1.29, 1.82) is 0 Å². The number of anilines is 1. The first kappa shape index (κ1) is 17.2. The Hall–Kier alpha value is -3.68. The molecule has 26 heavy (non-hydrogen) atoms. The van der Waals surface area contributed by atoms with Crippen molar-refractivity contribution in [3.63, 3.8) is 0 Å². The summed E-state index contributed by atoms with van der Waals surface area (Å²) in [6, 6.07) is 12.1. The number of amides is 3. The van der Waals surface area contributed by atoms with Crippen LogP contribution in [0.4, 0.5) is 10.1 Å². The van der Waals surface area contributed by atoms with E-state index in [4.69, 9.17) is 10.2 Å². The highest BCUT2D eigenvalue weighted by atomic mass is 19.1. The second-order valence-electron chi connectivity index (χ2n) is 5.43. The lowest BCUT2D eigenvalue weighted by atomic mass is 10.2. The number of primary amides is 1. The van der Waals surface area contributed by atoms with E-state index in [1.165, 1.54) is 24.3 Å². The zero-order valence-corrected chi connectivity index (χ0v) is 13.4. The predicted octanol–water partition coefficient (Wildman–Crippen LogP) is 1.93. The molecule has 3 aromatic rings. The summed E-state index contributed by atoms with van der Waals surface area (Å²) < 4.78 is 18.2. The molecule has 0 saturated carbocycles. The second-order valence-corrected chi connectivity index (χ2v) is 5.43. The van der Waals surface area contributed by atoms with Crippen molar-refractivity contribution in [2.75, 3.05) is 5.32 Å². The minimum atomic E-state index is -0.985. The van der Waals surface area contributed by atoms with Crippen molar-refractivity contribution < 1.29 is 23.2 Å². The normalized spacial score (nSPS) is 10.5. The molecule has 3 amide bonds. The highest BCUT2D eigenvalue weighted by Crippen LogP contribution is 2.30. The van der Waals surface area contributed by atoms with Gasteiger partial charge in [-0.1, -0.05) is 24.3 Å². The van der Waals surface area contributed by atoms with E-state index in [1.54, 1.807) is 24.3 Å². The van der Waals surface area contributed by atoms with E-state index in [2.05, 4.69) is 10.6 Å². The Kier molecular flexibility index (Phi) is 4.66. The van der Waals surface area contributed by atoms with Crippen molar-refractivity contribution >= 4 is 34.4 Å². The van der Waals surface area contributed by atoms with Gasteiger partial charge in [-0.2, -0.15) is 0 Å². The second kappa shape index (κ2) is 7.06. The molecule has 7 nitrogen and oxygen atoms in total. The van der Waals surface area contributed by atoms with Gasteiger partial charge in [0.15, 0.2) is 0 Å². The molecule has 1 aromatic heterocycles. The molecular formula is C18H14FN3O4. The van der Waals surface area contributed by atoms with Crippen molar-refractivity contribution in [3.05, 3.63) is 65.7 Å². The number of rotatable bonds is 4. The van der Waals surface area contributed by atoms with Crippen LogP contribution in [0.2, 0.25) is 0 Å². The topological polar surface area (TPSA) is 114 Å². The van der Waals surface area contributed by atoms with Gasteiger partial charge >= 0.3 is 11.8 Å². The largest absolute Gasteiger partial charge is 0.449 e. The highest BCUT2D eigenvalue weighted by Gasteiger charge is 2.23. The standard InChI is InChI=1S/C18H14FN3O4/c19-11-7-5-10(6-8-11)9-21-17(24)18(25)22-14-12-3-1-2-4-13(12)26-15(14)16(20)23/h1-8H,9H2,(H2,20,23)(H,21,24)(H,22,25). The maximum Gasteiger partial charge on any atom is 0.313 e. The summed E-state index contributed by atoms with van der Waals surface area (Å²) in [6.07, 6.45) is 0. The van der Waals surface area contributed by atoms with Gasteiger partial charge in [-0.3, -0.25) is 14.4 Å². The van der Waals surface area contributed by atoms with E-state index in [0.717, 1.165) is 0 Å². The zero-order chi connectivity index (χ0) is 18.7. The van der Waals surface area contributed by atoms with Crippen LogP contribution in [0.3, 0.4) is 0 Å². The van der Waals surface area contributed by atoms with Gasteiger partial charge in [0.25, 0.3) is 5.91 Å². The number of benzene rings is 2. The molecule has 8 heteroatoms. The molecule has 3 rings (SSSR count). The quantitative estimate of drug-likeness (QED) is 0.620. The van der Waals surface area contributed by atoms with Crippen LogP contribution in [0.5, 0.6) is 0 Å². The van der Waals surface area contributed by atoms with Crippen molar-refractivity contribution in [1.82, 2.24) is 5.32 Å². The number of nitrogens with two attached hydrogens (primary N) is 1. The fraction of sp³-hybridized carbons (Fsp3) is 0.0556. The highest BCUT2D eigenvalue weighted by molar-refractivity contribution is 6.40. The molecular weight excluding hydrogens is 341 g/mol. The number of nitrogens with one attached hydrogen (secondary N) is 2. The van der Waals surface area contributed by atoms with E-state index < -0.39 is 23.5 Å². The van der Waals surface area contributed by atoms with Crippen molar-refractivity contribution in [2.24, 2.45) is 5.73 Å². The number of fused-ring (bicyclic) bond motifs is 1. The molecule has 0 aliphatic rings. The van der Waals surface area contributed by atoms with Gasteiger partial charge in [0.2, 0.25) is 5.76 Å². The van der Waals surface area contributed by atoms with Crippen LogP contribution in [0.25, 0.3) is 11.0 Å². The summed E-state index contributed by atoms with van der Waals surface area (Å²) in [6.45, 7) is 0.0430. The average molecular weight is 355 g/mol. The van der Waals surface area contributed by atoms with Gasteiger partial charge in [-0.05, 0) is 29.8 Å². The Bertz CT molecular complexity index is 995. The summed E-state index contributed by atoms with van der Waals surface area (Å²) >= 11 is 0. The number of halogens is 1. The molecule has 0 bridgehead atoms. The van der Waals surface area contributed by atoms with Gasteiger partial charge in [0.05, 0.1) is 0 Å². The van der Waals surface area contributed by atoms with Crippen LogP contribution in [0, 0.1) is 5.82 Å². The number of hydrogen-bond acceptors (Lipinski definition) is 4. The predicted molar refractivity (Wildman–Crippen MR) is 91.6 cm³/mol. The number of para-hydroxylation sites is 1. The van der Waals surface area contributed by atoms with Gasteiger partial charge in [0, 0.05) is 11.9 Å². The minimum absolute atomic E-state index is 0.0371. The first-order chi connectivity index (χ1) is 12.5. The monoisotopic (exact) mass is 355 g/mol. The minimum Gasteiger partial charge on any atom is -0.449 e. The van der Waals surface area contributed by atoms with Crippen LogP contribution >= 0.6 is 0 Å². The summed E-state index contributed by atoms with van der Waals surface area (Å²) in [5.74, 6) is -3.42. The van der Waals surface area contributed by atoms with E-state index in [-0.39, 0.29) is 18.0 Å². The lowest BCUT2D eigenvalue weighted by molar-refractivity contribution is -0.136. The Morgan fingerprint density at radius 2 is 1.69 bits per heavy atom. The van der Waals surface area contributed by atoms with Crippen molar-refractivity contribution in [2.45, 2.75) is 6.54 Å².